The van der Waals surface area contributed by atoms with Crippen LogP contribution in [0.5, 0.6) is 0 Å². The number of aliphatic carboxylic acids is 1. The zero-order valence-corrected chi connectivity index (χ0v) is 10.1. The lowest BCUT2D eigenvalue weighted by atomic mass is 10.2. The molecule has 0 aromatic rings. The maximum atomic E-state index is 10.8. The summed E-state index contributed by atoms with van der Waals surface area (Å²) in [6, 6.07) is -0.318. The van der Waals surface area contributed by atoms with E-state index in [1.807, 2.05) is 30.6 Å². The van der Waals surface area contributed by atoms with Crippen LogP contribution < -0.4 is 0 Å². The van der Waals surface area contributed by atoms with Gasteiger partial charge in [-0.2, -0.15) is 11.8 Å². The number of carboxylic acids is 1. The minimum atomic E-state index is -0.710. The van der Waals surface area contributed by atoms with Crippen molar-refractivity contribution >= 4 is 17.7 Å². The summed E-state index contributed by atoms with van der Waals surface area (Å²) in [7, 11) is 1.89. The van der Waals surface area contributed by atoms with E-state index in [4.69, 9.17) is 5.11 Å². The van der Waals surface area contributed by atoms with Crippen LogP contribution in [-0.2, 0) is 4.79 Å². The number of nitrogens with zero attached hydrogens (tertiary/aromatic N) is 1. The molecule has 0 rings (SSSR count). The van der Waals surface area contributed by atoms with Gasteiger partial charge in [0.05, 0.1) is 0 Å². The van der Waals surface area contributed by atoms with Crippen LogP contribution in [0.3, 0.4) is 0 Å². The summed E-state index contributed by atoms with van der Waals surface area (Å²) in [4.78, 5) is 12.7. The molecular formula is C10H21NO2S. The molecule has 0 bridgehead atoms. The molecule has 0 radical (unpaired) electrons. The Hall–Kier alpha value is -0.220. The molecule has 0 aromatic heterocycles. The predicted octanol–water partition coefficient (Wildman–Crippen LogP) is 1.92. The molecule has 0 saturated heterocycles. The van der Waals surface area contributed by atoms with E-state index in [9.17, 15) is 4.79 Å². The largest absolute Gasteiger partial charge is 0.480 e. The quantitative estimate of drug-likeness (QED) is 0.633. The van der Waals surface area contributed by atoms with E-state index in [1.165, 1.54) is 0 Å². The first-order chi connectivity index (χ1) is 6.63. The third-order valence-corrected chi connectivity index (χ3v) is 3.19. The second-order valence-electron chi connectivity index (χ2n) is 3.29. The molecule has 1 atom stereocenters. The Labute approximate surface area is 90.9 Å². The molecule has 1 N–H and O–H groups in total. The van der Waals surface area contributed by atoms with Crippen molar-refractivity contribution in [3.63, 3.8) is 0 Å². The SMILES string of the molecule is CCSCCCN(C)C(CC)C(=O)O. The molecule has 4 heteroatoms. The molecule has 14 heavy (non-hydrogen) atoms. The van der Waals surface area contributed by atoms with E-state index in [2.05, 4.69) is 6.92 Å². The second-order valence-corrected chi connectivity index (χ2v) is 4.69. The van der Waals surface area contributed by atoms with E-state index in [0.717, 1.165) is 24.5 Å². The Kier molecular flexibility index (Phi) is 7.99. The zero-order chi connectivity index (χ0) is 11.0. The maximum absolute atomic E-state index is 10.8. The highest BCUT2D eigenvalue weighted by atomic mass is 32.2. The first-order valence-corrected chi connectivity index (χ1v) is 6.29. The van der Waals surface area contributed by atoms with Crippen molar-refractivity contribution in [2.45, 2.75) is 32.7 Å². The van der Waals surface area contributed by atoms with Gasteiger partial charge in [0.2, 0.25) is 0 Å². The van der Waals surface area contributed by atoms with Gasteiger partial charge in [0.15, 0.2) is 0 Å². The topological polar surface area (TPSA) is 40.5 Å². The number of carboxylic acid groups (broad SMARTS) is 1. The standard InChI is InChI=1S/C10H21NO2S/c1-4-9(10(12)13)11(3)7-6-8-14-5-2/h9H,4-8H2,1-3H3,(H,12,13). The number of carbonyl (C=O) groups is 1. The van der Waals surface area contributed by atoms with Crippen LogP contribution in [0.1, 0.15) is 26.7 Å². The fourth-order valence-corrected chi connectivity index (χ4v) is 2.01. The van der Waals surface area contributed by atoms with Crippen molar-refractivity contribution < 1.29 is 9.90 Å². The van der Waals surface area contributed by atoms with Gasteiger partial charge >= 0.3 is 5.97 Å². The molecule has 0 aliphatic carbocycles. The summed E-state index contributed by atoms with van der Waals surface area (Å²) in [5.41, 5.74) is 0. The zero-order valence-electron chi connectivity index (χ0n) is 9.32. The fraction of sp³-hybridized carbons (Fsp3) is 0.900. The third kappa shape index (κ3) is 5.50. The van der Waals surface area contributed by atoms with E-state index in [-0.39, 0.29) is 6.04 Å². The van der Waals surface area contributed by atoms with E-state index >= 15 is 0 Å². The predicted molar refractivity (Wildman–Crippen MR) is 62.0 cm³/mol. The Morgan fingerprint density at radius 3 is 2.57 bits per heavy atom. The Bertz CT molecular complexity index is 164. The van der Waals surface area contributed by atoms with Gasteiger partial charge in [-0.25, -0.2) is 0 Å². The molecule has 0 amide bonds. The molecule has 0 heterocycles. The molecule has 0 aliphatic rings. The van der Waals surface area contributed by atoms with Crippen LogP contribution in [0.15, 0.2) is 0 Å². The van der Waals surface area contributed by atoms with Gasteiger partial charge < -0.3 is 5.11 Å². The molecule has 0 fully saturated rings. The number of rotatable bonds is 8. The summed E-state index contributed by atoms with van der Waals surface area (Å²) in [5, 5.41) is 8.90. The van der Waals surface area contributed by atoms with Crippen molar-refractivity contribution in [1.82, 2.24) is 4.90 Å². The van der Waals surface area contributed by atoms with Crippen LogP contribution >= 0.6 is 11.8 Å². The second kappa shape index (κ2) is 8.12. The summed E-state index contributed by atoms with van der Waals surface area (Å²) in [5.74, 6) is 1.55. The summed E-state index contributed by atoms with van der Waals surface area (Å²) in [6.07, 6.45) is 1.74. The smallest absolute Gasteiger partial charge is 0.320 e. The van der Waals surface area contributed by atoms with Crippen LogP contribution in [-0.4, -0.2) is 47.1 Å². The van der Waals surface area contributed by atoms with Gasteiger partial charge in [-0.15, -0.1) is 0 Å². The lowest BCUT2D eigenvalue weighted by Gasteiger charge is -2.23. The highest BCUT2D eigenvalue weighted by Gasteiger charge is 2.19. The fourth-order valence-electron chi connectivity index (χ4n) is 1.39. The molecule has 0 spiro atoms. The normalized spacial score (nSPS) is 13.1. The minimum Gasteiger partial charge on any atom is -0.480 e. The monoisotopic (exact) mass is 219 g/mol. The van der Waals surface area contributed by atoms with E-state index in [0.29, 0.717) is 6.42 Å². The van der Waals surface area contributed by atoms with Crippen molar-refractivity contribution in [3.8, 4) is 0 Å². The average Bonchev–Trinajstić information content (AvgIpc) is 2.13. The Morgan fingerprint density at radius 1 is 1.50 bits per heavy atom. The highest BCUT2D eigenvalue weighted by Crippen LogP contribution is 2.06. The van der Waals surface area contributed by atoms with Crippen molar-refractivity contribution in [3.05, 3.63) is 0 Å². The van der Waals surface area contributed by atoms with Gasteiger partial charge in [-0.3, -0.25) is 9.69 Å². The van der Waals surface area contributed by atoms with Gasteiger partial charge in [0.1, 0.15) is 6.04 Å². The van der Waals surface area contributed by atoms with E-state index in [1.54, 1.807) is 0 Å². The van der Waals surface area contributed by atoms with Gasteiger partial charge in [-0.1, -0.05) is 13.8 Å². The lowest BCUT2D eigenvalue weighted by Crippen LogP contribution is -2.38. The summed E-state index contributed by atoms with van der Waals surface area (Å²) in [6.45, 7) is 4.92. The van der Waals surface area contributed by atoms with Gasteiger partial charge in [0.25, 0.3) is 0 Å². The van der Waals surface area contributed by atoms with Crippen molar-refractivity contribution in [1.29, 1.82) is 0 Å². The minimum absolute atomic E-state index is 0.318. The first-order valence-electron chi connectivity index (χ1n) is 5.14. The number of hydrogen-bond donors (Lipinski definition) is 1. The molecule has 84 valence electrons. The van der Waals surface area contributed by atoms with Gasteiger partial charge in [0, 0.05) is 0 Å². The Morgan fingerprint density at radius 2 is 2.14 bits per heavy atom. The van der Waals surface area contributed by atoms with Gasteiger partial charge in [-0.05, 0) is 37.9 Å². The first kappa shape index (κ1) is 13.8. The van der Waals surface area contributed by atoms with Crippen LogP contribution in [0, 0.1) is 0 Å². The van der Waals surface area contributed by atoms with Crippen molar-refractivity contribution in [2.24, 2.45) is 0 Å². The maximum Gasteiger partial charge on any atom is 0.320 e. The third-order valence-electron chi connectivity index (χ3n) is 2.21. The van der Waals surface area contributed by atoms with Crippen LogP contribution in [0.2, 0.25) is 0 Å². The summed E-state index contributed by atoms with van der Waals surface area (Å²) >= 11 is 1.90. The molecule has 3 nitrogen and oxygen atoms in total. The number of likely N-dealkylation sites (N-methyl/N-ethyl adjacent to an activating group) is 1. The molecule has 0 aromatic carbocycles. The molecule has 0 saturated carbocycles. The van der Waals surface area contributed by atoms with Crippen molar-refractivity contribution in [2.75, 3.05) is 25.1 Å². The lowest BCUT2D eigenvalue weighted by molar-refractivity contribution is -0.142. The van der Waals surface area contributed by atoms with Crippen LogP contribution in [0.25, 0.3) is 0 Å². The number of hydrogen-bond acceptors (Lipinski definition) is 3. The van der Waals surface area contributed by atoms with E-state index < -0.39 is 5.97 Å². The Balaban J connectivity index is 3.69. The molecule has 1 unspecified atom stereocenters. The molecule has 0 aliphatic heterocycles. The van der Waals surface area contributed by atoms with Crippen LogP contribution in [0.4, 0.5) is 0 Å². The highest BCUT2D eigenvalue weighted by molar-refractivity contribution is 7.99. The average molecular weight is 219 g/mol. The molecular weight excluding hydrogens is 198 g/mol. The summed E-state index contributed by atoms with van der Waals surface area (Å²) < 4.78 is 0. The number of thioether (sulfide) groups is 1.